The van der Waals surface area contributed by atoms with E-state index in [-0.39, 0.29) is 25.2 Å². The minimum Gasteiger partial charge on any atom is -0.462 e. The van der Waals surface area contributed by atoms with E-state index >= 15 is 0 Å². The van der Waals surface area contributed by atoms with E-state index in [1.54, 1.807) is 0 Å². The Labute approximate surface area is 373 Å². The fourth-order valence-electron chi connectivity index (χ4n) is 7.39. The smallest absolute Gasteiger partial charge is 0.306 e. The lowest BCUT2D eigenvalue weighted by Crippen LogP contribution is -2.30. The monoisotopic (exact) mass is 841 g/mol. The number of carbonyl (C=O) groups is 2. The second-order valence-electron chi connectivity index (χ2n) is 17.4. The third-order valence-corrected chi connectivity index (χ3v) is 11.3. The lowest BCUT2D eigenvalue weighted by molar-refractivity contribution is -0.163. The summed E-state index contributed by atoms with van der Waals surface area (Å²) >= 11 is 0. The van der Waals surface area contributed by atoms with Gasteiger partial charge in [-0.25, -0.2) is 0 Å². The van der Waals surface area contributed by atoms with E-state index in [2.05, 4.69) is 69.4 Å². The first-order chi connectivity index (χ1) is 29.6. The Morgan fingerprint density at radius 1 is 0.367 bits per heavy atom. The van der Waals surface area contributed by atoms with E-state index in [0.717, 1.165) is 64.2 Å². The molecule has 0 saturated carbocycles. The first-order valence-corrected chi connectivity index (χ1v) is 26.2. The van der Waals surface area contributed by atoms with Gasteiger partial charge in [0.1, 0.15) is 6.61 Å². The lowest BCUT2D eigenvalue weighted by atomic mass is 10.1. The largest absolute Gasteiger partial charge is 0.462 e. The average Bonchev–Trinajstić information content (AvgIpc) is 3.25. The van der Waals surface area contributed by atoms with Gasteiger partial charge in [-0.2, -0.15) is 0 Å². The molecule has 5 heteroatoms. The Morgan fingerprint density at radius 3 is 1.13 bits per heavy atom. The molecule has 5 nitrogen and oxygen atoms in total. The number of esters is 2. The molecule has 0 aliphatic carbocycles. The average molecular weight is 841 g/mol. The highest BCUT2D eigenvalue weighted by Crippen LogP contribution is 2.14. The lowest BCUT2D eigenvalue weighted by Gasteiger charge is -2.18. The summed E-state index contributed by atoms with van der Waals surface area (Å²) in [6.45, 7) is 7.77. The van der Waals surface area contributed by atoms with E-state index in [9.17, 15) is 9.59 Å². The predicted molar refractivity (Wildman–Crippen MR) is 261 cm³/mol. The van der Waals surface area contributed by atoms with Crippen LogP contribution in [0.4, 0.5) is 0 Å². The maximum Gasteiger partial charge on any atom is 0.306 e. The predicted octanol–water partition coefficient (Wildman–Crippen LogP) is 17.6. The van der Waals surface area contributed by atoms with Gasteiger partial charge in [-0.05, 0) is 83.5 Å². The van der Waals surface area contributed by atoms with Gasteiger partial charge in [-0.1, -0.05) is 217 Å². The van der Waals surface area contributed by atoms with Crippen LogP contribution < -0.4 is 0 Å². The highest BCUT2D eigenvalue weighted by atomic mass is 16.6. The molecule has 0 aromatic carbocycles. The van der Waals surface area contributed by atoms with E-state index in [1.165, 1.54) is 167 Å². The molecule has 0 amide bonds. The molecule has 0 bridgehead atoms. The van der Waals surface area contributed by atoms with Crippen LogP contribution in [0.15, 0.2) is 48.6 Å². The fourth-order valence-corrected chi connectivity index (χ4v) is 7.39. The van der Waals surface area contributed by atoms with Crippen molar-refractivity contribution in [2.45, 2.75) is 271 Å². The topological polar surface area (TPSA) is 61.8 Å². The van der Waals surface area contributed by atoms with Gasteiger partial charge < -0.3 is 14.2 Å². The Bertz CT molecular complexity index is 997. The summed E-state index contributed by atoms with van der Waals surface area (Å²) in [4.78, 5) is 25.3. The van der Waals surface area contributed by atoms with Gasteiger partial charge in [-0.15, -0.1) is 0 Å². The van der Waals surface area contributed by atoms with Gasteiger partial charge in [0.05, 0.1) is 6.61 Å². The molecular weight excluding hydrogens is 741 g/mol. The molecule has 350 valence electrons. The summed E-state index contributed by atoms with van der Waals surface area (Å²) < 4.78 is 17.4. The minimum absolute atomic E-state index is 0.0795. The van der Waals surface area contributed by atoms with Crippen molar-refractivity contribution in [1.82, 2.24) is 0 Å². The molecule has 0 aromatic rings. The zero-order chi connectivity index (χ0) is 43.5. The summed E-state index contributed by atoms with van der Waals surface area (Å²) in [6.07, 6.45) is 62.6. The van der Waals surface area contributed by atoms with Crippen molar-refractivity contribution < 1.29 is 23.8 Å². The van der Waals surface area contributed by atoms with Crippen molar-refractivity contribution in [3.8, 4) is 0 Å². The van der Waals surface area contributed by atoms with E-state index in [4.69, 9.17) is 14.2 Å². The number of unbranched alkanes of at least 4 members (excludes halogenated alkanes) is 29. The third-order valence-electron chi connectivity index (χ3n) is 11.3. The molecule has 60 heavy (non-hydrogen) atoms. The maximum atomic E-state index is 12.7. The van der Waals surface area contributed by atoms with Crippen molar-refractivity contribution in [3.05, 3.63) is 48.6 Å². The number of carbonyl (C=O) groups excluding carboxylic acids is 2. The van der Waals surface area contributed by atoms with Crippen LogP contribution >= 0.6 is 0 Å². The SMILES string of the molecule is CCCCC/C=C\C/C=C\CCCCCCCCCCCCOCC(COC(=O)CCCCCCC/C=C\C/C=C\CCCCC)OC(=O)CCCCCCCCCCC. The van der Waals surface area contributed by atoms with Gasteiger partial charge in [0.25, 0.3) is 0 Å². The summed E-state index contributed by atoms with van der Waals surface area (Å²) in [5.74, 6) is -0.408. The molecular formula is C55H100O5. The zero-order valence-electron chi connectivity index (χ0n) is 40.2. The molecule has 0 aliphatic heterocycles. The number of hydrogen-bond acceptors (Lipinski definition) is 5. The Hall–Kier alpha value is -2.14. The van der Waals surface area contributed by atoms with E-state index < -0.39 is 6.10 Å². The maximum absolute atomic E-state index is 12.7. The number of hydrogen-bond donors (Lipinski definition) is 0. The first kappa shape index (κ1) is 57.9. The molecule has 0 fully saturated rings. The first-order valence-electron chi connectivity index (χ1n) is 26.2. The molecule has 0 radical (unpaired) electrons. The van der Waals surface area contributed by atoms with Crippen LogP contribution in [0, 0.1) is 0 Å². The van der Waals surface area contributed by atoms with Crippen LogP contribution in [0.5, 0.6) is 0 Å². The molecule has 1 atom stereocenters. The van der Waals surface area contributed by atoms with Gasteiger partial charge in [0.2, 0.25) is 0 Å². The van der Waals surface area contributed by atoms with Crippen molar-refractivity contribution in [1.29, 1.82) is 0 Å². The molecule has 0 rings (SSSR count). The minimum atomic E-state index is -0.539. The number of allylic oxidation sites excluding steroid dienone is 8. The summed E-state index contributed by atoms with van der Waals surface area (Å²) in [6, 6.07) is 0. The summed E-state index contributed by atoms with van der Waals surface area (Å²) in [5.41, 5.74) is 0. The highest BCUT2D eigenvalue weighted by Gasteiger charge is 2.17. The normalized spacial score (nSPS) is 12.5. The van der Waals surface area contributed by atoms with E-state index in [1.807, 2.05) is 0 Å². The molecule has 0 N–H and O–H groups in total. The molecule has 0 aromatic heterocycles. The van der Waals surface area contributed by atoms with Crippen molar-refractivity contribution in [2.24, 2.45) is 0 Å². The van der Waals surface area contributed by atoms with Crippen LogP contribution in [0.1, 0.15) is 265 Å². The van der Waals surface area contributed by atoms with Crippen LogP contribution in [-0.2, 0) is 23.8 Å². The Kier molecular flexibility index (Phi) is 49.4. The van der Waals surface area contributed by atoms with Crippen LogP contribution in [-0.4, -0.2) is 37.9 Å². The number of ether oxygens (including phenoxy) is 3. The van der Waals surface area contributed by atoms with Gasteiger partial charge in [0.15, 0.2) is 6.10 Å². The van der Waals surface area contributed by atoms with Crippen molar-refractivity contribution in [3.63, 3.8) is 0 Å². The second kappa shape index (κ2) is 51.2. The zero-order valence-corrected chi connectivity index (χ0v) is 40.2. The molecule has 0 aliphatic rings. The standard InChI is InChI=1S/C55H100O5/c1-4-7-10-13-16-19-21-23-25-26-27-28-29-31-33-35-38-41-44-47-50-58-51-53(60-55(57)49-46-43-40-36-18-15-12-9-6-3)52-59-54(56)48-45-42-39-37-34-32-30-24-22-20-17-14-11-8-5-2/h16-17,19-20,23-25,30,53H,4-15,18,21-22,26-29,31-52H2,1-3H3/b19-16-,20-17-,25-23-,30-24-. The third kappa shape index (κ3) is 48.5. The second-order valence-corrected chi connectivity index (χ2v) is 17.4. The molecule has 0 spiro atoms. The van der Waals surface area contributed by atoms with Gasteiger partial charge >= 0.3 is 11.9 Å². The molecule has 0 saturated heterocycles. The van der Waals surface area contributed by atoms with Gasteiger partial charge in [-0.3, -0.25) is 9.59 Å². The van der Waals surface area contributed by atoms with Crippen molar-refractivity contribution in [2.75, 3.05) is 19.8 Å². The molecule has 1 unspecified atom stereocenters. The quantitative estimate of drug-likeness (QED) is 0.0347. The Balaban J connectivity index is 4.17. The van der Waals surface area contributed by atoms with Gasteiger partial charge in [0, 0.05) is 19.4 Å². The summed E-state index contributed by atoms with van der Waals surface area (Å²) in [5, 5.41) is 0. The van der Waals surface area contributed by atoms with Crippen LogP contribution in [0.3, 0.4) is 0 Å². The Morgan fingerprint density at radius 2 is 0.700 bits per heavy atom. The summed E-state index contributed by atoms with van der Waals surface area (Å²) in [7, 11) is 0. The fraction of sp³-hybridized carbons (Fsp3) is 0.818. The van der Waals surface area contributed by atoms with Crippen LogP contribution in [0.2, 0.25) is 0 Å². The van der Waals surface area contributed by atoms with Crippen LogP contribution in [0.25, 0.3) is 0 Å². The van der Waals surface area contributed by atoms with Crippen molar-refractivity contribution >= 4 is 11.9 Å². The van der Waals surface area contributed by atoms with E-state index in [0.29, 0.717) is 19.4 Å². The highest BCUT2D eigenvalue weighted by molar-refractivity contribution is 5.70. The number of rotatable bonds is 48. The molecule has 0 heterocycles.